The summed E-state index contributed by atoms with van der Waals surface area (Å²) in [6.07, 6.45) is -1.18. The van der Waals surface area contributed by atoms with Gasteiger partial charge < -0.3 is 14.5 Å². The van der Waals surface area contributed by atoms with Crippen LogP contribution >= 0.6 is 0 Å². The first kappa shape index (κ1) is 18.8. The van der Waals surface area contributed by atoms with E-state index in [1.165, 1.54) is 31.2 Å². The minimum atomic E-state index is -1.18. The molecule has 0 aliphatic rings. The molecule has 0 aliphatic carbocycles. The number of nitrogens with zero attached hydrogens (tertiary/aromatic N) is 2. The van der Waals surface area contributed by atoms with E-state index in [1.807, 2.05) is 0 Å². The van der Waals surface area contributed by atoms with Crippen LogP contribution in [0, 0.1) is 10.1 Å². The summed E-state index contributed by atoms with van der Waals surface area (Å²) >= 11 is 0. The van der Waals surface area contributed by atoms with Crippen LogP contribution in [0.4, 0.5) is 11.4 Å². The zero-order valence-corrected chi connectivity index (χ0v) is 14.7. The molecule has 1 amide bonds. The number of ether oxygens (including phenoxy) is 1. The lowest BCUT2D eigenvalue weighted by Crippen LogP contribution is -2.32. The average Bonchev–Trinajstić information content (AvgIpc) is 2.97. The fourth-order valence-electron chi connectivity index (χ4n) is 2.52. The molecule has 3 aromatic rings. The van der Waals surface area contributed by atoms with Crippen molar-refractivity contribution in [2.45, 2.75) is 19.6 Å². The number of nitro groups is 1. The van der Waals surface area contributed by atoms with Crippen molar-refractivity contribution in [2.75, 3.05) is 5.32 Å². The number of carbonyl (C=O) groups excluding carboxylic acids is 2. The maximum absolute atomic E-state index is 12.2. The molecule has 1 N–H and O–H groups in total. The standard InChI is InChI=1S/C18H15N3O7/c1-11(17(23)19-12-5-4-6-13(9-12)21(25)26)27-16(22)10-20-14-7-2-3-8-15(14)28-18(20)24/h2-9,11H,10H2,1H3,(H,19,23). The topological polar surface area (TPSA) is 134 Å². The first-order valence-electron chi connectivity index (χ1n) is 8.18. The first-order valence-corrected chi connectivity index (χ1v) is 8.18. The highest BCUT2D eigenvalue weighted by molar-refractivity contribution is 5.95. The fourth-order valence-corrected chi connectivity index (χ4v) is 2.52. The molecule has 3 rings (SSSR count). The number of rotatable bonds is 6. The van der Waals surface area contributed by atoms with Gasteiger partial charge in [0.1, 0.15) is 6.54 Å². The average molecular weight is 385 g/mol. The van der Waals surface area contributed by atoms with Crippen molar-refractivity contribution in [3.8, 4) is 0 Å². The summed E-state index contributed by atoms with van der Waals surface area (Å²) in [5.74, 6) is -2.19. The molecule has 0 aliphatic heterocycles. The van der Waals surface area contributed by atoms with Gasteiger partial charge >= 0.3 is 11.7 Å². The van der Waals surface area contributed by atoms with Gasteiger partial charge in [0.25, 0.3) is 11.6 Å². The predicted molar refractivity (Wildman–Crippen MR) is 97.8 cm³/mol. The summed E-state index contributed by atoms with van der Waals surface area (Å²) in [4.78, 5) is 46.4. The molecule has 0 spiro atoms. The molecule has 1 atom stereocenters. The molecule has 28 heavy (non-hydrogen) atoms. The number of esters is 1. The Kier molecular flexibility index (Phi) is 5.21. The van der Waals surface area contributed by atoms with E-state index in [0.717, 1.165) is 4.57 Å². The van der Waals surface area contributed by atoms with Crippen molar-refractivity contribution in [2.24, 2.45) is 0 Å². The molecule has 0 bridgehead atoms. The van der Waals surface area contributed by atoms with Gasteiger partial charge in [-0.05, 0) is 25.1 Å². The van der Waals surface area contributed by atoms with E-state index < -0.39 is 35.2 Å². The van der Waals surface area contributed by atoms with Crippen molar-refractivity contribution in [3.05, 3.63) is 69.2 Å². The van der Waals surface area contributed by atoms with Crippen LogP contribution in [-0.2, 0) is 20.9 Å². The Morgan fingerprint density at radius 2 is 2.00 bits per heavy atom. The predicted octanol–water partition coefficient (Wildman–Crippen LogP) is 2.07. The van der Waals surface area contributed by atoms with Crippen LogP contribution in [0.15, 0.2) is 57.7 Å². The van der Waals surface area contributed by atoms with E-state index in [9.17, 15) is 24.5 Å². The van der Waals surface area contributed by atoms with E-state index in [2.05, 4.69) is 5.32 Å². The molecule has 0 radical (unpaired) electrons. The van der Waals surface area contributed by atoms with Crippen molar-refractivity contribution in [3.63, 3.8) is 0 Å². The van der Waals surface area contributed by atoms with Crippen LogP contribution < -0.4 is 11.1 Å². The summed E-state index contributed by atoms with van der Waals surface area (Å²) in [5, 5.41) is 13.2. The second-order valence-electron chi connectivity index (χ2n) is 5.85. The second kappa shape index (κ2) is 7.74. The quantitative estimate of drug-likeness (QED) is 0.390. The van der Waals surface area contributed by atoms with Gasteiger partial charge in [0.05, 0.1) is 10.4 Å². The number of non-ortho nitro benzene ring substituents is 1. The van der Waals surface area contributed by atoms with E-state index in [0.29, 0.717) is 11.1 Å². The Morgan fingerprint density at radius 3 is 2.75 bits per heavy atom. The lowest BCUT2D eigenvalue weighted by atomic mass is 10.2. The molecular formula is C18H15N3O7. The van der Waals surface area contributed by atoms with Gasteiger partial charge in [-0.1, -0.05) is 18.2 Å². The molecule has 0 fully saturated rings. The molecule has 10 nitrogen and oxygen atoms in total. The summed E-state index contributed by atoms with van der Waals surface area (Å²) in [7, 11) is 0. The minimum Gasteiger partial charge on any atom is -0.451 e. The van der Waals surface area contributed by atoms with Gasteiger partial charge in [0, 0.05) is 17.8 Å². The third kappa shape index (κ3) is 4.06. The van der Waals surface area contributed by atoms with E-state index >= 15 is 0 Å². The summed E-state index contributed by atoms with van der Waals surface area (Å²) in [6, 6.07) is 11.9. The van der Waals surface area contributed by atoms with Gasteiger partial charge in [0.15, 0.2) is 11.7 Å². The fraction of sp³-hybridized carbons (Fsp3) is 0.167. The number of nitro benzene ring substituents is 1. The highest BCUT2D eigenvalue weighted by Gasteiger charge is 2.20. The molecular weight excluding hydrogens is 370 g/mol. The molecule has 144 valence electrons. The maximum Gasteiger partial charge on any atom is 0.420 e. The molecule has 10 heteroatoms. The number of carbonyl (C=O) groups is 2. The number of para-hydroxylation sites is 2. The Balaban J connectivity index is 1.64. The van der Waals surface area contributed by atoms with Crippen LogP contribution in [0.25, 0.3) is 11.1 Å². The van der Waals surface area contributed by atoms with Crippen LogP contribution in [0.2, 0.25) is 0 Å². The minimum absolute atomic E-state index is 0.186. The summed E-state index contributed by atoms with van der Waals surface area (Å²) in [6.45, 7) is 0.922. The SMILES string of the molecule is CC(OC(=O)Cn1c(=O)oc2ccccc21)C(=O)Nc1cccc([N+](=O)[O-])c1. The molecule has 2 aromatic carbocycles. The zero-order valence-electron chi connectivity index (χ0n) is 14.7. The van der Waals surface area contributed by atoms with Crippen LogP contribution in [0.3, 0.4) is 0 Å². The first-order chi connectivity index (χ1) is 13.3. The van der Waals surface area contributed by atoms with E-state index in [1.54, 1.807) is 24.3 Å². The third-order valence-corrected chi connectivity index (χ3v) is 3.86. The van der Waals surface area contributed by atoms with Gasteiger partial charge in [-0.2, -0.15) is 0 Å². The molecule has 0 saturated carbocycles. The number of benzene rings is 2. The highest BCUT2D eigenvalue weighted by atomic mass is 16.6. The number of fused-ring (bicyclic) bond motifs is 1. The van der Waals surface area contributed by atoms with Crippen LogP contribution in [-0.4, -0.2) is 27.5 Å². The van der Waals surface area contributed by atoms with Crippen molar-refractivity contribution in [1.29, 1.82) is 0 Å². The van der Waals surface area contributed by atoms with Crippen molar-refractivity contribution < 1.29 is 23.7 Å². The summed E-state index contributed by atoms with van der Waals surface area (Å²) in [5.41, 5.74) is 0.766. The number of oxazole rings is 1. The van der Waals surface area contributed by atoms with Gasteiger partial charge in [-0.15, -0.1) is 0 Å². The summed E-state index contributed by atoms with van der Waals surface area (Å²) < 4.78 is 11.2. The molecule has 1 aromatic heterocycles. The Bertz CT molecular complexity index is 1120. The number of aromatic nitrogens is 1. The van der Waals surface area contributed by atoms with E-state index in [4.69, 9.17) is 9.15 Å². The lowest BCUT2D eigenvalue weighted by molar-refractivity contribution is -0.384. The third-order valence-electron chi connectivity index (χ3n) is 3.86. The normalized spacial score (nSPS) is 11.8. The molecule has 1 heterocycles. The number of hydrogen-bond donors (Lipinski definition) is 1. The smallest absolute Gasteiger partial charge is 0.420 e. The Morgan fingerprint density at radius 1 is 1.25 bits per heavy atom. The Hall–Kier alpha value is -3.95. The Labute approximate surface area is 157 Å². The monoisotopic (exact) mass is 385 g/mol. The van der Waals surface area contributed by atoms with Crippen LogP contribution in [0.1, 0.15) is 6.92 Å². The number of amides is 1. The molecule has 1 unspecified atom stereocenters. The van der Waals surface area contributed by atoms with Gasteiger partial charge in [0.2, 0.25) is 0 Å². The van der Waals surface area contributed by atoms with E-state index in [-0.39, 0.29) is 11.4 Å². The number of nitrogens with one attached hydrogen (secondary N) is 1. The molecule has 0 saturated heterocycles. The number of anilines is 1. The highest BCUT2D eigenvalue weighted by Crippen LogP contribution is 2.17. The van der Waals surface area contributed by atoms with Crippen molar-refractivity contribution in [1.82, 2.24) is 4.57 Å². The second-order valence-corrected chi connectivity index (χ2v) is 5.85. The lowest BCUT2D eigenvalue weighted by Gasteiger charge is -2.13. The van der Waals surface area contributed by atoms with Crippen molar-refractivity contribution >= 4 is 34.4 Å². The zero-order chi connectivity index (χ0) is 20.3. The van der Waals surface area contributed by atoms with Gasteiger partial charge in [-0.3, -0.25) is 24.3 Å². The van der Waals surface area contributed by atoms with Gasteiger partial charge in [-0.25, -0.2) is 4.79 Å². The largest absolute Gasteiger partial charge is 0.451 e. The van der Waals surface area contributed by atoms with Crippen LogP contribution in [0.5, 0.6) is 0 Å². The number of hydrogen-bond acceptors (Lipinski definition) is 7. The maximum atomic E-state index is 12.2.